The van der Waals surface area contributed by atoms with E-state index >= 15 is 0 Å². The molecule has 0 spiro atoms. The van der Waals surface area contributed by atoms with Crippen LogP contribution in [-0.2, 0) is 0 Å². The van der Waals surface area contributed by atoms with Crippen LogP contribution in [0.4, 0.5) is 0 Å². The summed E-state index contributed by atoms with van der Waals surface area (Å²) >= 11 is 3.51. The van der Waals surface area contributed by atoms with Gasteiger partial charge in [0, 0.05) is 11.6 Å². The Bertz CT molecular complexity index is 353. The molecule has 1 saturated carbocycles. The van der Waals surface area contributed by atoms with Crippen molar-refractivity contribution >= 4 is 28.3 Å². The van der Waals surface area contributed by atoms with Gasteiger partial charge in [0.2, 0.25) is 0 Å². The molecule has 0 radical (unpaired) electrons. The zero-order valence-electron chi connectivity index (χ0n) is 9.28. The summed E-state index contributed by atoms with van der Waals surface area (Å²) in [6.07, 6.45) is 2.61. The lowest BCUT2D eigenvalue weighted by Gasteiger charge is -2.15. The highest BCUT2D eigenvalue weighted by Gasteiger charge is 2.23. The van der Waals surface area contributed by atoms with Gasteiger partial charge < -0.3 is 10.5 Å². The first kappa shape index (κ1) is 13.8. The second-order valence-electron chi connectivity index (χ2n) is 4.20. The van der Waals surface area contributed by atoms with E-state index in [0.29, 0.717) is 0 Å². The van der Waals surface area contributed by atoms with Crippen LogP contribution in [0.25, 0.3) is 0 Å². The van der Waals surface area contributed by atoms with Crippen molar-refractivity contribution in [1.29, 1.82) is 0 Å². The summed E-state index contributed by atoms with van der Waals surface area (Å²) in [7, 11) is 0. The van der Waals surface area contributed by atoms with Gasteiger partial charge >= 0.3 is 0 Å². The topological polar surface area (TPSA) is 35.2 Å². The van der Waals surface area contributed by atoms with Crippen LogP contribution < -0.4 is 10.5 Å². The van der Waals surface area contributed by atoms with Gasteiger partial charge in [-0.15, -0.1) is 12.4 Å². The first-order chi connectivity index (χ1) is 7.18. The van der Waals surface area contributed by atoms with Crippen LogP contribution in [0.5, 0.6) is 5.75 Å². The van der Waals surface area contributed by atoms with Gasteiger partial charge in [-0.2, -0.15) is 0 Å². The zero-order valence-corrected chi connectivity index (χ0v) is 11.7. The normalized spacial score (nSPS) is 16.4. The monoisotopic (exact) mass is 305 g/mol. The molecule has 0 amide bonds. The van der Waals surface area contributed by atoms with Crippen molar-refractivity contribution in [2.75, 3.05) is 6.61 Å². The number of ether oxygens (including phenoxy) is 1. The Labute approximate surface area is 111 Å². The maximum absolute atomic E-state index is 5.90. The number of para-hydroxylation sites is 1. The van der Waals surface area contributed by atoms with Crippen LogP contribution in [0.3, 0.4) is 0 Å². The Kier molecular flexibility index (Phi) is 5.09. The fraction of sp³-hybridized carbons (Fsp3) is 0.500. The Morgan fingerprint density at radius 2 is 2.19 bits per heavy atom. The maximum atomic E-state index is 5.90. The molecule has 0 bridgehead atoms. The van der Waals surface area contributed by atoms with Gasteiger partial charge in [-0.3, -0.25) is 0 Å². The van der Waals surface area contributed by atoms with Crippen molar-refractivity contribution in [2.45, 2.75) is 25.8 Å². The van der Waals surface area contributed by atoms with E-state index in [1.54, 1.807) is 0 Å². The van der Waals surface area contributed by atoms with Gasteiger partial charge in [-0.25, -0.2) is 0 Å². The van der Waals surface area contributed by atoms with Crippen molar-refractivity contribution < 1.29 is 4.74 Å². The van der Waals surface area contributed by atoms with E-state index in [-0.39, 0.29) is 18.4 Å². The molecule has 0 saturated heterocycles. The SMILES string of the molecule is CC(N)c1cccc(Br)c1OCC1CC1.Cl. The number of hydrogen-bond donors (Lipinski definition) is 1. The molecule has 2 N–H and O–H groups in total. The van der Waals surface area contributed by atoms with E-state index in [1.165, 1.54) is 12.8 Å². The van der Waals surface area contributed by atoms with Gasteiger partial charge in [0.25, 0.3) is 0 Å². The third-order valence-electron chi connectivity index (χ3n) is 2.65. The smallest absolute Gasteiger partial charge is 0.138 e. The van der Waals surface area contributed by atoms with E-state index in [2.05, 4.69) is 15.9 Å². The van der Waals surface area contributed by atoms with Crippen LogP contribution >= 0.6 is 28.3 Å². The fourth-order valence-electron chi connectivity index (χ4n) is 1.52. The number of nitrogens with two attached hydrogens (primary N) is 1. The van der Waals surface area contributed by atoms with Crippen LogP contribution in [0, 0.1) is 5.92 Å². The number of hydrogen-bond acceptors (Lipinski definition) is 2. The minimum Gasteiger partial charge on any atom is -0.492 e. The van der Waals surface area contributed by atoms with Crippen molar-refractivity contribution in [1.82, 2.24) is 0 Å². The van der Waals surface area contributed by atoms with Gasteiger partial charge in [0.15, 0.2) is 0 Å². The quantitative estimate of drug-likeness (QED) is 0.921. The predicted molar refractivity (Wildman–Crippen MR) is 72.2 cm³/mol. The lowest BCUT2D eigenvalue weighted by molar-refractivity contribution is 0.293. The summed E-state index contributed by atoms with van der Waals surface area (Å²) in [6, 6.07) is 6.02. The molecule has 1 aromatic rings. The molecule has 1 fully saturated rings. The molecule has 2 nitrogen and oxygen atoms in total. The summed E-state index contributed by atoms with van der Waals surface area (Å²) in [5, 5.41) is 0. The molecular formula is C12H17BrClNO. The minimum atomic E-state index is 0. The summed E-state index contributed by atoms with van der Waals surface area (Å²) in [5.41, 5.74) is 6.98. The van der Waals surface area contributed by atoms with Crippen molar-refractivity contribution in [3.05, 3.63) is 28.2 Å². The largest absolute Gasteiger partial charge is 0.492 e. The second kappa shape index (κ2) is 5.89. The van der Waals surface area contributed by atoms with Crippen molar-refractivity contribution in [2.24, 2.45) is 11.7 Å². The average Bonchev–Trinajstić information content (AvgIpc) is 2.99. The second-order valence-corrected chi connectivity index (χ2v) is 5.06. The molecule has 0 heterocycles. The molecule has 2 rings (SSSR count). The first-order valence-electron chi connectivity index (χ1n) is 5.35. The molecule has 1 aromatic carbocycles. The van der Waals surface area contributed by atoms with Gasteiger partial charge in [-0.05, 0) is 47.7 Å². The van der Waals surface area contributed by atoms with Crippen molar-refractivity contribution in [3.8, 4) is 5.75 Å². The number of halogens is 2. The molecule has 1 unspecified atom stereocenters. The van der Waals surface area contributed by atoms with Gasteiger partial charge in [0.1, 0.15) is 5.75 Å². The third kappa shape index (κ3) is 3.37. The highest BCUT2D eigenvalue weighted by atomic mass is 79.9. The molecule has 4 heteroatoms. The summed E-state index contributed by atoms with van der Waals surface area (Å²) in [5.74, 6) is 1.68. The van der Waals surface area contributed by atoms with Crippen LogP contribution in [0.15, 0.2) is 22.7 Å². The Balaban J connectivity index is 0.00000128. The maximum Gasteiger partial charge on any atom is 0.138 e. The third-order valence-corrected chi connectivity index (χ3v) is 3.27. The molecule has 1 atom stereocenters. The molecule has 1 aliphatic rings. The average molecular weight is 307 g/mol. The minimum absolute atomic E-state index is 0. The Hall–Kier alpha value is -0.250. The lowest BCUT2D eigenvalue weighted by atomic mass is 10.1. The fourth-order valence-corrected chi connectivity index (χ4v) is 2.02. The number of benzene rings is 1. The molecule has 0 aliphatic heterocycles. The zero-order chi connectivity index (χ0) is 10.8. The molecular weight excluding hydrogens is 289 g/mol. The van der Waals surface area contributed by atoms with E-state index in [4.69, 9.17) is 10.5 Å². The lowest BCUT2D eigenvalue weighted by Crippen LogP contribution is -2.09. The van der Waals surface area contributed by atoms with Crippen molar-refractivity contribution in [3.63, 3.8) is 0 Å². The predicted octanol–water partition coefficient (Wildman–Crippen LogP) is 3.68. The highest BCUT2D eigenvalue weighted by Crippen LogP contribution is 2.35. The van der Waals surface area contributed by atoms with Crippen LogP contribution in [0.1, 0.15) is 31.4 Å². The number of rotatable bonds is 4. The Morgan fingerprint density at radius 1 is 1.50 bits per heavy atom. The summed E-state index contributed by atoms with van der Waals surface area (Å²) in [6.45, 7) is 2.80. The van der Waals surface area contributed by atoms with E-state index in [9.17, 15) is 0 Å². The van der Waals surface area contributed by atoms with Gasteiger partial charge in [0.05, 0.1) is 11.1 Å². The molecule has 90 valence electrons. The van der Waals surface area contributed by atoms with Gasteiger partial charge in [-0.1, -0.05) is 12.1 Å². The van der Waals surface area contributed by atoms with E-state index < -0.39 is 0 Å². The molecule has 1 aliphatic carbocycles. The standard InChI is InChI=1S/C12H16BrNO.ClH/c1-8(14)10-3-2-4-11(13)12(10)15-7-9-5-6-9;/h2-4,8-9H,5-7,14H2,1H3;1H. The first-order valence-corrected chi connectivity index (χ1v) is 6.14. The molecule has 0 aromatic heterocycles. The summed E-state index contributed by atoms with van der Waals surface area (Å²) in [4.78, 5) is 0. The van der Waals surface area contributed by atoms with E-state index in [1.807, 2.05) is 25.1 Å². The summed E-state index contributed by atoms with van der Waals surface area (Å²) < 4.78 is 6.82. The Morgan fingerprint density at radius 3 is 2.75 bits per heavy atom. The van der Waals surface area contributed by atoms with Crippen LogP contribution in [-0.4, -0.2) is 6.61 Å². The van der Waals surface area contributed by atoms with Crippen LogP contribution in [0.2, 0.25) is 0 Å². The van der Waals surface area contributed by atoms with E-state index in [0.717, 1.165) is 28.3 Å². The molecule has 16 heavy (non-hydrogen) atoms. The highest BCUT2D eigenvalue weighted by molar-refractivity contribution is 9.10.